The van der Waals surface area contributed by atoms with Crippen molar-refractivity contribution in [3.8, 4) is 11.2 Å². The average Bonchev–Trinajstić information content (AvgIpc) is 2.62. The molecule has 26 heavy (non-hydrogen) atoms. The predicted octanol–water partition coefficient (Wildman–Crippen LogP) is 3.54. The molecule has 2 aromatic carbocycles. The van der Waals surface area contributed by atoms with Crippen LogP contribution in [0.15, 0.2) is 46.2 Å². The van der Waals surface area contributed by atoms with E-state index in [2.05, 4.69) is 4.72 Å². The maximum Gasteiger partial charge on any atom is 0.312 e. The van der Waals surface area contributed by atoms with Gasteiger partial charge in [0.2, 0.25) is 0 Å². The van der Waals surface area contributed by atoms with Gasteiger partial charge in [-0.05, 0) is 54.1 Å². The summed E-state index contributed by atoms with van der Waals surface area (Å²) in [7, 11) is -2.77. The predicted molar refractivity (Wildman–Crippen MR) is 97.7 cm³/mol. The highest BCUT2D eigenvalue weighted by molar-refractivity contribution is 8.03. The zero-order valence-electron chi connectivity index (χ0n) is 13.9. The quantitative estimate of drug-likeness (QED) is 0.330. The number of methoxy groups -OCH3 is 1. The highest BCUT2D eigenvalue weighted by Crippen LogP contribution is 2.31. The first-order valence-corrected chi connectivity index (χ1v) is 9.66. The number of benzene rings is 2. The highest BCUT2D eigenvalue weighted by atomic mass is 32.2. The van der Waals surface area contributed by atoms with Crippen molar-refractivity contribution in [2.24, 2.45) is 0 Å². The minimum Gasteiger partial charge on any atom is -0.490 e. The maximum absolute atomic E-state index is 12.6. The van der Waals surface area contributed by atoms with Crippen LogP contribution in [0, 0.1) is 20.8 Å². The average molecular weight is 393 g/mol. The molecule has 0 saturated heterocycles. The number of nitrogens with one attached hydrogen (secondary N) is 1. The van der Waals surface area contributed by atoms with E-state index < -0.39 is 20.6 Å². The molecule has 136 valence electrons. The Bertz CT molecular complexity index is 984. The van der Waals surface area contributed by atoms with Crippen molar-refractivity contribution < 1.29 is 18.1 Å². The normalized spacial score (nSPS) is 10.8. The molecular formula is C16H15N3O5S2. The van der Waals surface area contributed by atoms with Gasteiger partial charge in [-0.1, -0.05) is 6.92 Å². The van der Waals surface area contributed by atoms with Crippen LogP contribution in [0.25, 0.3) is 0 Å². The Balaban J connectivity index is 2.42. The van der Waals surface area contributed by atoms with Crippen LogP contribution < -0.4 is 9.46 Å². The molecule has 0 aliphatic carbocycles. The number of ether oxygens (including phenoxy) is 1. The van der Waals surface area contributed by atoms with Crippen LogP contribution in [0.2, 0.25) is 0 Å². The molecule has 2 rings (SSSR count). The summed E-state index contributed by atoms with van der Waals surface area (Å²) >= 11 is 0.977. The van der Waals surface area contributed by atoms with Crippen molar-refractivity contribution in [3.63, 3.8) is 0 Å². The third-order valence-electron chi connectivity index (χ3n) is 3.52. The number of hydrogen-bond donors (Lipinski definition) is 1. The molecule has 0 unspecified atom stereocenters. The summed E-state index contributed by atoms with van der Waals surface area (Å²) in [5.41, 5.74) is 0.622. The number of rotatable bonds is 7. The summed E-state index contributed by atoms with van der Waals surface area (Å²) in [6, 6.07) is 8.34. The second-order valence-electron chi connectivity index (χ2n) is 5.06. The lowest BCUT2D eigenvalue weighted by atomic mass is 10.1. The molecular weight excluding hydrogens is 378 g/mol. The van der Waals surface area contributed by atoms with E-state index >= 15 is 0 Å². The molecule has 8 nitrogen and oxygen atoms in total. The topological polar surface area (TPSA) is 122 Å². The van der Waals surface area contributed by atoms with Gasteiger partial charge in [0, 0.05) is 11.0 Å². The number of aryl methyl sites for hydroxylation is 1. The molecule has 0 saturated carbocycles. The number of nitro groups is 1. The first-order valence-electron chi connectivity index (χ1n) is 7.36. The number of thioether (sulfide) groups is 1. The van der Waals surface area contributed by atoms with E-state index in [0.717, 1.165) is 17.8 Å². The molecule has 0 radical (unpaired) electrons. The summed E-state index contributed by atoms with van der Waals surface area (Å²) in [6.07, 6.45) is 0.542. The molecule has 0 atom stereocenters. The number of nitriles is 1. The Kier molecular flexibility index (Phi) is 6.07. The minimum atomic E-state index is -4.03. The molecule has 0 aromatic heterocycles. The van der Waals surface area contributed by atoms with E-state index in [4.69, 9.17) is 10.00 Å². The van der Waals surface area contributed by atoms with Gasteiger partial charge in [0.15, 0.2) is 5.75 Å². The smallest absolute Gasteiger partial charge is 0.312 e. The van der Waals surface area contributed by atoms with E-state index in [1.807, 2.05) is 12.3 Å². The van der Waals surface area contributed by atoms with Crippen LogP contribution in [-0.2, 0) is 16.4 Å². The number of sulfonamides is 1. The van der Waals surface area contributed by atoms with E-state index in [9.17, 15) is 18.5 Å². The molecule has 1 N–H and O–H groups in total. The molecule has 0 amide bonds. The number of thiocyanates is 1. The standard InChI is InChI=1S/C16H15N3O5S2/c1-3-11-8-12(25-10-17)4-6-14(11)18-26(22,23)13-5-7-16(24-2)15(9-13)19(20)21/h4-9,18H,3H2,1-2H3. The monoisotopic (exact) mass is 393 g/mol. The van der Waals surface area contributed by atoms with E-state index in [1.54, 1.807) is 18.2 Å². The number of nitrogens with zero attached hydrogens (tertiary/aromatic N) is 2. The van der Waals surface area contributed by atoms with Gasteiger partial charge in [0.05, 0.1) is 22.6 Å². The van der Waals surface area contributed by atoms with Crippen molar-refractivity contribution in [1.29, 1.82) is 5.26 Å². The number of nitro benzene ring substituents is 1. The molecule has 0 heterocycles. The summed E-state index contributed by atoms with van der Waals surface area (Å²) in [5, 5.41) is 21.8. The minimum absolute atomic E-state index is 0.0268. The first kappa shape index (κ1) is 19.6. The van der Waals surface area contributed by atoms with Crippen LogP contribution in [0.5, 0.6) is 5.75 Å². The zero-order chi connectivity index (χ0) is 19.3. The van der Waals surface area contributed by atoms with E-state index in [-0.39, 0.29) is 10.6 Å². The molecule has 10 heteroatoms. The van der Waals surface area contributed by atoms with Crippen LogP contribution in [0.3, 0.4) is 0 Å². The Morgan fingerprint density at radius 1 is 1.31 bits per heavy atom. The van der Waals surface area contributed by atoms with Crippen molar-refractivity contribution in [1.82, 2.24) is 0 Å². The Labute approximate surface area is 155 Å². The van der Waals surface area contributed by atoms with Crippen molar-refractivity contribution in [2.45, 2.75) is 23.1 Å². The molecule has 2 aromatic rings. The zero-order valence-corrected chi connectivity index (χ0v) is 15.6. The van der Waals surface area contributed by atoms with Crippen molar-refractivity contribution >= 4 is 33.2 Å². The number of hydrogen-bond acceptors (Lipinski definition) is 7. The van der Waals surface area contributed by atoms with Gasteiger partial charge < -0.3 is 4.74 Å². The van der Waals surface area contributed by atoms with E-state index in [0.29, 0.717) is 22.6 Å². The second kappa shape index (κ2) is 8.07. The molecule has 0 spiro atoms. The van der Waals surface area contributed by atoms with Gasteiger partial charge in [-0.3, -0.25) is 14.8 Å². The molecule has 0 aliphatic heterocycles. The largest absolute Gasteiger partial charge is 0.490 e. The molecule has 0 aliphatic rings. The van der Waals surface area contributed by atoms with Gasteiger partial charge in [-0.2, -0.15) is 5.26 Å². The lowest BCUT2D eigenvalue weighted by molar-refractivity contribution is -0.386. The highest BCUT2D eigenvalue weighted by Gasteiger charge is 2.22. The van der Waals surface area contributed by atoms with Gasteiger partial charge >= 0.3 is 5.69 Å². The van der Waals surface area contributed by atoms with Gasteiger partial charge in [0.1, 0.15) is 5.40 Å². The summed E-state index contributed by atoms with van der Waals surface area (Å²) in [4.78, 5) is 10.8. The van der Waals surface area contributed by atoms with Crippen molar-refractivity contribution in [2.75, 3.05) is 11.8 Å². The fraction of sp³-hybridized carbons (Fsp3) is 0.188. The van der Waals surface area contributed by atoms with Crippen LogP contribution in [0.1, 0.15) is 12.5 Å². The second-order valence-corrected chi connectivity index (χ2v) is 7.60. The third kappa shape index (κ3) is 4.25. The van der Waals surface area contributed by atoms with Gasteiger partial charge in [-0.15, -0.1) is 0 Å². The summed E-state index contributed by atoms with van der Waals surface area (Å²) in [6.45, 7) is 1.85. The molecule has 0 fully saturated rings. The number of anilines is 1. The summed E-state index contributed by atoms with van der Waals surface area (Å²) in [5.74, 6) is -0.0268. The maximum atomic E-state index is 12.6. The van der Waals surface area contributed by atoms with Crippen molar-refractivity contribution in [3.05, 3.63) is 52.1 Å². The fourth-order valence-electron chi connectivity index (χ4n) is 2.26. The lowest BCUT2D eigenvalue weighted by Crippen LogP contribution is -2.14. The van der Waals surface area contributed by atoms with Crippen LogP contribution in [0.4, 0.5) is 11.4 Å². The van der Waals surface area contributed by atoms with Crippen LogP contribution in [-0.4, -0.2) is 20.5 Å². The lowest BCUT2D eigenvalue weighted by Gasteiger charge is -2.13. The Morgan fingerprint density at radius 2 is 2.04 bits per heavy atom. The third-order valence-corrected chi connectivity index (χ3v) is 5.47. The SMILES string of the molecule is CCc1cc(SC#N)ccc1NS(=O)(=O)c1ccc(OC)c([N+](=O)[O-])c1. The molecule has 0 bridgehead atoms. The fourth-order valence-corrected chi connectivity index (χ4v) is 3.82. The van der Waals surface area contributed by atoms with Crippen LogP contribution >= 0.6 is 11.8 Å². The Hall–Kier alpha value is -2.77. The summed E-state index contributed by atoms with van der Waals surface area (Å²) < 4.78 is 32.6. The van der Waals surface area contributed by atoms with Gasteiger partial charge in [-0.25, -0.2) is 8.42 Å². The Morgan fingerprint density at radius 3 is 2.62 bits per heavy atom. The van der Waals surface area contributed by atoms with E-state index in [1.165, 1.54) is 19.2 Å². The van der Waals surface area contributed by atoms with Gasteiger partial charge in [0.25, 0.3) is 10.0 Å². The first-order chi connectivity index (χ1) is 12.3.